The molecule has 0 aliphatic heterocycles. The normalized spacial score (nSPS) is 13.6. The van der Waals surface area contributed by atoms with Gasteiger partial charge in [-0.25, -0.2) is 5.43 Å². The summed E-state index contributed by atoms with van der Waals surface area (Å²) in [5.41, 5.74) is 5.71. The van der Waals surface area contributed by atoms with Crippen LogP contribution >= 0.6 is 15.9 Å². The second-order valence-electron chi connectivity index (χ2n) is 6.81. The van der Waals surface area contributed by atoms with E-state index in [0.717, 1.165) is 33.9 Å². The molecule has 4 rings (SSSR count). The van der Waals surface area contributed by atoms with Gasteiger partial charge in [-0.3, -0.25) is 9.78 Å². The molecule has 1 aliphatic carbocycles. The van der Waals surface area contributed by atoms with Gasteiger partial charge in [0.15, 0.2) is 0 Å². The molecule has 1 fully saturated rings. The minimum Gasteiger partial charge on any atom is -0.496 e. The van der Waals surface area contributed by atoms with E-state index in [9.17, 15) is 4.79 Å². The molecule has 148 valence electrons. The van der Waals surface area contributed by atoms with Crippen LogP contribution in [0, 0.1) is 0 Å². The molecule has 1 saturated carbocycles. The number of carbonyl (C=O) groups is 1. The number of aromatic nitrogens is 1. The fourth-order valence-electron chi connectivity index (χ4n) is 3.18. The molecular formula is C22H20BrN3O3. The molecule has 2 aromatic carbocycles. The third kappa shape index (κ3) is 4.10. The summed E-state index contributed by atoms with van der Waals surface area (Å²) in [5, 5.41) is 4.95. The molecule has 0 unspecified atom stereocenters. The highest BCUT2D eigenvalue weighted by Gasteiger charge is 2.26. The Morgan fingerprint density at radius 2 is 1.93 bits per heavy atom. The van der Waals surface area contributed by atoms with E-state index in [1.54, 1.807) is 26.5 Å². The van der Waals surface area contributed by atoms with Crippen molar-refractivity contribution >= 4 is 39.0 Å². The quantitative estimate of drug-likeness (QED) is 0.435. The number of para-hydroxylation sites is 1. The minimum atomic E-state index is -0.270. The number of hydrogen-bond acceptors (Lipinski definition) is 5. The van der Waals surface area contributed by atoms with Gasteiger partial charge in [0.1, 0.15) is 11.5 Å². The van der Waals surface area contributed by atoms with Crippen LogP contribution in [0.1, 0.15) is 40.4 Å². The van der Waals surface area contributed by atoms with E-state index in [4.69, 9.17) is 14.5 Å². The Kier molecular flexibility index (Phi) is 5.49. The summed E-state index contributed by atoms with van der Waals surface area (Å²) >= 11 is 3.45. The molecule has 0 saturated heterocycles. The van der Waals surface area contributed by atoms with Crippen LogP contribution in [-0.2, 0) is 0 Å². The second-order valence-corrected chi connectivity index (χ2v) is 7.67. The van der Waals surface area contributed by atoms with Gasteiger partial charge in [0.2, 0.25) is 0 Å². The number of halogens is 1. The van der Waals surface area contributed by atoms with E-state index in [1.807, 2.05) is 36.4 Å². The predicted octanol–water partition coefficient (Wildman–Crippen LogP) is 4.66. The predicted molar refractivity (Wildman–Crippen MR) is 116 cm³/mol. The lowest BCUT2D eigenvalue weighted by Crippen LogP contribution is -2.18. The molecule has 29 heavy (non-hydrogen) atoms. The summed E-state index contributed by atoms with van der Waals surface area (Å²) in [6.07, 6.45) is 3.79. The summed E-state index contributed by atoms with van der Waals surface area (Å²) in [6, 6.07) is 13.1. The Hall–Kier alpha value is -2.93. The lowest BCUT2D eigenvalue weighted by atomic mass is 10.1. The largest absolute Gasteiger partial charge is 0.496 e. The van der Waals surface area contributed by atoms with Crippen molar-refractivity contribution in [3.63, 3.8) is 0 Å². The van der Waals surface area contributed by atoms with E-state index < -0.39 is 0 Å². The van der Waals surface area contributed by atoms with Gasteiger partial charge < -0.3 is 9.47 Å². The van der Waals surface area contributed by atoms with Crippen molar-refractivity contribution < 1.29 is 14.3 Å². The number of nitrogens with one attached hydrogen (secondary N) is 1. The number of fused-ring (bicyclic) bond motifs is 1. The lowest BCUT2D eigenvalue weighted by Gasteiger charge is -2.10. The van der Waals surface area contributed by atoms with Crippen LogP contribution in [-0.4, -0.2) is 31.3 Å². The fourth-order valence-corrected chi connectivity index (χ4v) is 3.70. The van der Waals surface area contributed by atoms with Crippen LogP contribution in [0.3, 0.4) is 0 Å². The highest BCUT2D eigenvalue weighted by molar-refractivity contribution is 9.10. The van der Waals surface area contributed by atoms with Crippen LogP contribution in [0.4, 0.5) is 0 Å². The van der Waals surface area contributed by atoms with Gasteiger partial charge in [-0.05, 0) is 47.0 Å². The van der Waals surface area contributed by atoms with Gasteiger partial charge in [-0.1, -0.05) is 18.2 Å². The number of carbonyl (C=O) groups excluding carboxylic acids is 1. The maximum absolute atomic E-state index is 12.9. The molecule has 3 aromatic rings. The first kappa shape index (κ1) is 19.4. The molecule has 1 aliphatic rings. The molecule has 0 spiro atoms. The Morgan fingerprint density at radius 3 is 2.66 bits per heavy atom. The van der Waals surface area contributed by atoms with Crippen molar-refractivity contribution in [3.05, 3.63) is 63.8 Å². The summed E-state index contributed by atoms with van der Waals surface area (Å²) in [7, 11) is 3.16. The molecule has 0 bridgehead atoms. The first-order valence-corrected chi connectivity index (χ1v) is 10.0. The number of amides is 1. The molecule has 7 heteroatoms. The SMILES string of the molecule is COc1cc(OC)c(/C=N\NC(=O)c2cc(C3CC3)nc3ccccc23)cc1Br. The van der Waals surface area contributed by atoms with Crippen LogP contribution in [0.25, 0.3) is 10.9 Å². The monoisotopic (exact) mass is 453 g/mol. The highest BCUT2D eigenvalue weighted by atomic mass is 79.9. The zero-order valence-corrected chi connectivity index (χ0v) is 17.7. The standard InChI is InChI=1S/C22H20BrN3O3/c1-28-20-11-21(29-2)17(23)9-14(20)12-24-26-22(27)16-10-19(13-7-8-13)25-18-6-4-3-5-15(16)18/h3-6,9-13H,7-8H2,1-2H3,(H,26,27)/b24-12-. The van der Waals surface area contributed by atoms with E-state index in [2.05, 4.69) is 26.5 Å². The molecule has 1 amide bonds. The fraction of sp³-hybridized carbons (Fsp3) is 0.227. The third-order valence-electron chi connectivity index (χ3n) is 4.85. The number of nitrogens with zero attached hydrogens (tertiary/aromatic N) is 2. The summed E-state index contributed by atoms with van der Waals surface area (Å²) in [5.74, 6) is 1.43. The van der Waals surface area contributed by atoms with Gasteiger partial charge in [-0.2, -0.15) is 5.10 Å². The van der Waals surface area contributed by atoms with Crippen molar-refractivity contribution in [1.82, 2.24) is 10.4 Å². The molecule has 1 N–H and O–H groups in total. The maximum Gasteiger partial charge on any atom is 0.272 e. The van der Waals surface area contributed by atoms with Gasteiger partial charge >= 0.3 is 0 Å². The average Bonchev–Trinajstić information content (AvgIpc) is 3.58. The van der Waals surface area contributed by atoms with E-state index in [1.165, 1.54) is 0 Å². The maximum atomic E-state index is 12.9. The number of hydrazone groups is 1. The highest BCUT2D eigenvalue weighted by Crippen LogP contribution is 2.40. The number of benzene rings is 2. The number of pyridine rings is 1. The van der Waals surface area contributed by atoms with Gasteiger partial charge in [0.25, 0.3) is 5.91 Å². The van der Waals surface area contributed by atoms with Gasteiger partial charge in [0.05, 0.1) is 36.0 Å². The van der Waals surface area contributed by atoms with E-state index in [-0.39, 0.29) is 5.91 Å². The molecule has 1 aromatic heterocycles. The van der Waals surface area contributed by atoms with Crippen LogP contribution < -0.4 is 14.9 Å². The van der Waals surface area contributed by atoms with Gasteiger partial charge in [0, 0.05) is 28.6 Å². The lowest BCUT2D eigenvalue weighted by molar-refractivity contribution is 0.0956. The van der Waals surface area contributed by atoms with Crippen molar-refractivity contribution in [2.75, 3.05) is 14.2 Å². The number of hydrogen-bond donors (Lipinski definition) is 1. The van der Waals surface area contributed by atoms with Crippen LogP contribution in [0.2, 0.25) is 0 Å². The third-order valence-corrected chi connectivity index (χ3v) is 5.47. The minimum absolute atomic E-state index is 0.270. The van der Waals surface area contributed by atoms with Crippen molar-refractivity contribution in [3.8, 4) is 11.5 Å². The molecule has 0 atom stereocenters. The van der Waals surface area contributed by atoms with E-state index >= 15 is 0 Å². The molecule has 1 heterocycles. The topological polar surface area (TPSA) is 72.8 Å². The summed E-state index contributed by atoms with van der Waals surface area (Å²) in [6.45, 7) is 0. The number of ether oxygens (including phenoxy) is 2. The molecular weight excluding hydrogens is 434 g/mol. The summed E-state index contributed by atoms with van der Waals surface area (Å²) < 4.78 is 11.4. The Balaban J connectivity index is 1.60. The van der Waals surface area contributed by atoms with Crippen molar-refractivity contribution in [2.24, 2.45) is 5.10 Å². The Labute approximate surface area is 177 Å². The summed E-state index contributed by atoms with van der Waals surface area (Å²) in [4.78, 5) is 17.6. The van der Waals surface area contributed by atoms with Crippen molar-refractivity contribution in [2.45, 2.75) is 18.8 Å². The average molecular weight is 454 g/mol. The Bertz CT molecular complexity index is 1110. The zero-order valence-electron chi connectivity index (χ0n) is 16.1. The van der Waals surface area contributed by atoms with Crippen LogP contribution in [0.15, 0.2) is 52.0 Å². The van der Waals surface area contributed by atoms with Crippen molar-refractivity contribution in [1.29, 1.82) is 0 Å². The van der Waals surface area contributed by atoms with Gasteiger partial charge in [-0.15, -0.1) is 0 Å². The Morgan fingerprint density at radius 1 is 1.17 bits per heavy atom. The second kappa shape index (κ2) is 8.21. The number of methoxy groups -OCH3 is 2. The number of rotatable bonds is 6. The van der Waals surface area contributed by atoms with Crippen LogP contribution in [0.5, 0.6) is 11.5 Å². The molecule has 6 nitrogen and oxygen atoms in total. The first-order chi connectivity index (χ1) is 14.1. The smallest absolute Gasteiger partial charge is 0.272 e. The van der Waals surface area contributed by atoms with E-state index in [0.29, 0.717) is 28.5 Å². The first-order valence-electron chi connectivity index (χ1n) is 9.25. The molecule has 0 radical (unpaired) electrons. The zero-order chi connectivity index (χ0) is 20.4.